The fourth-order valence-corrected chi connectivity index (χ4v) is 0.995. The molecule has 0 radical (unpaired) electrons. The average Bonchev–Trinajstić information content (AvgIpc) is 2.29. The molecule has 2 heteroatoms. The normalized spacial score (nSPS) is 9.40. The topological polar surface area (TPSA) is 26.3 Å². The summed E-state index contributed by atoms with van der Waals surface area (Å²) in [6, 6.07) is 7.14. The second kappa shape index (κ2) is 5.15. The highest BCUT2D eigenvalue weighted by Gasteiger charge is 2.06. The summed E-state index contributed by atoms with van der Waals surface area (Å²) in [5.41, 5.74) is 1.46. The molecule has 0 aromatic heterocycles. The summed E-state index contributed by atoms with van der Waals surface area (Å²) in [6.07, 6.45) is 2.33. The summed E-state index contributed by atoms with van der Waals surface area (Å²) in [4.78, 5) is 11.4. The maximum Gasteiger partial charge on any atom is 0.338 e. The second-order valence-electron chi connectivity index (χ2n) is 3.12. The lowest BCUT2D eigenvalue weighted by molar-refractivity contribution is -0.130. The van der Waals surface area contributed by atoms with Gasteiger partial charge in [-0.3, -0.25) is 0 Å². The highest BCUT2D eigenvalue weighted by molar-refractivity contribution is 5.89. The molecule has 2 nitrogen and oxygen atoms in total. The van der Waals surface area contributed by atoms with Gasteiger partial charge in [0.15, 0.2) is 0 Å². The molecule has 0 aliphatic rings. The van der Waals surface area contributed by atoms with E-state index in [0.717, 1.165) is 5.56 Å². The van der Waals surface area contributed by atoms with Crippen LogP contribution >= 0.6 is 0 Å². The van der Waals surface area contributed by atoms with E-state index in [1.165, 1.54) is 0 Å². The van der Waals surface area contributed by atoms with Gasteiger partial charge in [-0.15, -0.1) is 0 Å². The van der Waals surface area contributed by atoms with Crippen LogP contribution in [-0.4, -0.2) is 5.97 Å². The van der Waals surface area contributed by atoms with Gasteiger partial charge >= 0.3 is 5.97 Å². The van der Waals surface area contributed by atoms with Gasteiger partial charge in [-0.2, -0.15) is 0 Å². The van der Waals surface area contributed by atoms with E-state index in [1.54, 1.807) is 18.2 Å². The first-order chi connectivity index (χ1) is 7.17. The Morgan fingerprint density at radius 2 is 2.00 bits per heavy atom. The molecule has 0 saturated heterocycles. The molecule has 0 unspecified atom stereocenters. The molecule has 0 aliphatic heterocycles. The van der Waals surface area contributed by atoms with Crippen LogP contribution in [0.3, 0.4) is 0 Å². The van der Waals surface area contributed by atoms with E-state index in [1.807, 2.05) is 19.1 Å². The number of benzene rings is 1. The van der Waals surface area contributed by atoms with Crippen LogP contribution in [0.1, 0.15) is 18.9 Å². The third-order valence-electron chi connectivity index (χ3n) is 2.04. The average molecular weight is 202 g/mol. The Hall–Kier alpha value is -1.83. The minimum atomic E-state index is -0.371. The number of carbonyl (C=O) groups excluding carboxylic acids is 1. The molecule has 0 aliphatic carbocycles. The van der Waals surface area contributed by atoms with Crippen LogP contribution in [0.5, 0.6) is 5.75 Å². The molecule has 15 heavy (non-hydrogen) atoms. The van der Waals surface area contributed by atoms with E-state index in [2.05, 4.69) is 13.2 Å². The molecular formula is C13H14O2. The van der Waals surface area contributed by atoms with Crippen LogP contribution in [0.25, 0.3) is 6.08 Å². The zero-order valence-corrected chi connectivity index (χ0v) is 8.82. The minimum Gasteiger partial charge on any atom is -0.423 e. The van der Waals surface area contributed by atoms with Crippen LogP contribution in [-0.2, 0) is 4.79 Å². The molecule has 1 rings (SSSR count). The van der Waals surface area contributed by atoms with Gasteiger partial charge in [-0.1, -0.05) is 38.3 Å². The lowest BCUT2D eigenvalue weighted by Gasteiger charge is -2.04. The van der Waals surface area contributed by atoms with E-state index >= 15 is 0 Å². The number of ether oxygens (including phenoxy) is 1. The van der Waals surface area contributed by atoms with Crippen molar-refractivity contribution in [1.82, 2.24) is 0 Å². The molecule has 0 heterocycles. The number of carbonyl (C=O) groups is 1. The zero-order chi connectivity index (χ0) is 11.3. The molecule has 0 N–H and O–H groups in total. The van der Waals surface area contributed by atoms with Gasteiger partial charge in [-0.05, 0) is 24.1 Å². The first kappa shape index (κ1) is 11.2. The third-order valence-corrected chi connectivity index (χ3v) is 2.04. The van der Waals surface area contributed by atoms with Crippen LogP contribution in [0.4, 0.5) is 0 Å². The first-order valence-corrected chi connectivity index (χ1v) is 4.79. The summed E-state index contributed by atoms with van der Waals surface area (Å²) in [6.45, 7) is 9.12. The molecule has 1 aromatic rings. The molecule has 0 amide bonds. The molecule has 0 bridgehead atoms. The van der Waals surface area contributed by atoms with Crippen molar-refractivity contribution in [2.75, 3.05) is 0 Å². The standard InChI is InChI=1S/C13H14O2/c1-4-10(3)13(14)15-12-8-6-11(5-2)7-9-12/h5-9H,2-4H2,1H3. The predicted molar refractivity (Wildman–Crippen MR) is 61.6 cm³/mol. The van der Waals surface area contributed by atoms with Crippen molar-refractivity contribution in [2.45, 2.75) is 13.3 Å². The smallest absolute Gasteiger partial charge is 0.338 e. The van der Waals surface area contributed by atoms with Gasteiger partial charge in [0.1, 0.15) is 5.75 Å². The monoisotopic (exact) mass is 202 g/mol. The van der Waals surface area contributed by atoms with E-state index in [9.17, 15) is 4.79 Å². The predicted octanol–water partition coefficient (Wildman–Crippen LogP) is 3.20. The van der Waals surface area contributed by atoms with Crippen molar-refractivity contribution in [2.24, 2.45) is 0 Å². The second-order valence-corrected chi connectivity index (χ2v) is 3.12. The summed E-state index contributed by atoms with van der Waals surface area (Å²) in [5, 5.41) is 0. The van der Waals surface area contributed by atoms with Gasteiger partial charge in [0.25, 0.3) is 0 Å². The van der Waals surface area contributed by atoms with E-state index < -0.39 is 0 Å². The molecule has 0 saturated carbocycles. The fraction of sp³-hybridized carbons (Fsp3) is 0.154. The lowest BCUT2D eigenvalue weighted by Crippen LogP contribution is -2.09. The Balaban J connectivity index is 2.69. The highest BCUT2D eigenvalue weighted by Crippen LogP contribution is 2.14. The number of rotatable bonds is 4. The van der Waals surface area contributed by atoms with Crippen molar-refractivity contribution >= 4 is 12.0 Å². The Labute approximate surface area is 89.9 Å². The van der Waals surface area contributed by atoms with E-state index in [4.69, 9.17) is 4.74 Å². The van der Waals surface area contributed by atoms with Crippen molar-refractivity contribution in [3.8, 4) is 5.75 Å². The van der Waals surface area contributed by atoms with Crippen LogP contribution in [0, 0.1) is 0 Å². The van der Waals surface area contributed by atoms with Crippen LogP contribution < -0.4 is 4.74 Å². The Kier molecular flexibility index (Phi) is 3.86. The number of hydrogen-bond donors (Lipinski definition) is 0. The van der Waals surface area contributed by atoms with Crippen molar-refractivity contribution in [3.63, 3.8) is 0 Å². The maximum atomic E-state index is 11.4. The summed E-state index contributed by atoms with van der Waals surface area (Å²) in [5.74, 6) is 0.157. The van der Waals surface area contributed by atoms with Gasteiger partial charge in [-0.25, -0.2) is 4.79 Å². The Bertz CT molecular complexity index is 374. The first-order valence-electron chi connectivity index (χ1n) is 4.79. The zero-order valence-electron chi connectivity index (χ0n) is 8.82. The van der Waals surface area contributed by atoms with Crippen LogP contribution in [0.15, 0.2) is 43.0 Å². The SMILES string of the molecule is C=Cc1ccc(OC(=O)C(=C)CC)cc1. The molecule has 78 valence electrons. The molecule has 0 atom stereocenters. The van der Waals surface area contributed by atoms with Gasteiger partial charge in [0.2, 0.25) is 0 Å². The summed E-state index contributed by atoms with van der Waals surface area (Å²) in [7, 11) is 0. The fourth-order valence-electron chi connectivity index (χ4n) is 0.995. The van der Waals surface area contributed by atoms with Gasteiger partial charge in [0.05, 0.1) is 0 Å². The number of esters is 1. The Morgan fingerprint density at radius 1 is 1.40 bits per heavy atom. The summed E-state index contributed by atoms with van der Waals surface area (Å²) >= 11 is 0. The summed E-state index contributed by atoms with van der Waals surface area (Å²) < 4.78 is 5.09. The molecular weight excluding hydrogens is 188 g/mol. The van der Waals surface area contributed by atoms with E-state index in [-0.39, 0.29) is 5.97 Å². The largest absolute Gasteiger partial charge is 0.423 e. The number of hydrogen-bond acceptors (Lipinski definition) is 2. The van der Waals surface area contributed by atoms with Crippen molar-refractivity contribution in [3.05, 3.63) is 48.6 Å². The maximum absolute atomic E-state index is 11.4. The van der Waals surface area contributed by atoms with Crippen molar-refractivity contribution < 1.29 is 9.53 Å². The quantitative estimate of drug-likeness (QED) is 0.426. The Morgan fingerprint density at radius 3 is 2.47 bits per heavy atom. The molecule has 0 spiro atoms. The lowest BCUT2D eigenvalue weighted by atomic mass is 10.2. The van der Waals surface area contributed by atoms with E-state index in [0.29, 0.717) is 17.7 Å². The molecule has 1 aromatic carbocycles. The minimum absolute atomic E-state index is 0.371. The van der Waals surface area contributed by atoms with Crippen molar-refractivity contribution in [1.29, 1.82) is 0 Å². The van der Waals surface area contributed by atoms with Crippen LogP contribution in [0.2, 0.25) is 0 Å². The van der Waals surface area contributed by atoms with Gasteiger partial charge < -0.3 is 4.74 Å². The van der Waals surface area contributed by atoms with Gasteiger partial charge in [0, 0.05) is 5.57 Å². The molecule has 0 fully saturated rings. The highest BCUT2D eigenvalue weighted by atomic mass is 16.5. The third kappa shape index (κ3) is 3.09.